The lowest BCUT2D eigenvalue weighted by Gasteiger charge is -2.45. The molecule has 0 bridgehead atoms. The minimum atomic E-state index is 0.315. The number of piperazine rings is 1. The summed E-state index contributed by atoms with van der Waals surface area (Å²) in [6, 6.07) is 0.670. The molecule has 0 saturated carbocycles. The van der Waals surface area contributed by atoms with Crippen LogP contribution in [0.2, 0.25) is 0 Å². The number of nitrogens with one attached hydrogen (secondary N) is 1. The first-order valence-electron chi connectivity index (χ1n) is 6.29. The van der Waals surface area contributed by atoms with Gasteiger partial charge in [0.15, 0.2) is 0 Å². The van der Waals surface area contributed by atoms with E-state index < -0.39 is 0 Å². The van der Waals surface area contributed by atoms with Crippen molar-refractivity contribution in [2.24, 2.45) is 0 Å². The molecule has 3 heteroatoms. The smallest absolute Gasteiger partial charge is 0.0278 e. The second-order valence-corrected chi connectivity index (χ2v) is 6.13. The maximum Gasteiger partial charge on any atom is 0.0278 e. The minimum Gasteiger partial charge on any atom is -0.309 e. The molecular weight excluding hydrogens is 216 g/mol. The Kier molecular flexibility index (Phi) is 5.87. The molecule has 0 aromatic rings. The predicted octanol–water partition coefficient (Wildman–Crippen LogP) is 2.37. The highest BCUT2D eigenvalue weighted by Crippen LogP contribution is 2.19. The van der Waals surface area contributed by atoms with Crippen LogP contribution in [-0.4, -0.2) is 47.6 Å². The first kappa shape index (κ1) is 14.1. The summed E-state index contributed by atoms with van der Waals surface area (Å²) < 4.78 is 0. The molecule has 0 aromatic heterocycles. The molecule has 2 unspecified atom stereocenters. The Balaban J connectivity index is 2.35. The zero-order valence-corrected chi connectivity index (χ0v) is 11.8. The van der Waals surface area contributed by atoms with E-state index in [4.69, 9.17) is 0 Å². The van der Waals surface area contributed by atoms with E-state index in [1.165, 1.54) is 25.3 Å². The van der Waals surface area contributed by atoms with Crippen molar-refractivity contribution in [3.8, 4) is 0 Å². The van der Waals surface area contributed by atoms with Crippen LogP contribution in [0.15, 0.2) is 12.7 Å². The van der Waals surface area contributed by atoms with Crippen LogP contribution in [0.1, 0.15) is 27.2 Å². The van der Waals surface area contributed by atoms with E-state index in [9.17, 15) is 0 Å². The SMILES string of the molecule is C=CCSCCN1CC(C)(CC)NCC1C. The summed E-state index contributed by atoms with van der Waals surface area (Å²) in [5, 5.41) is 3.66. The molecule has 2 nitrogen and oxygen atoms in total. The lowest BCUT2D eigenvalue weighted by Crippen LogP contribution is -2.62. The number of nitrogens with zero attached hydrogens (tertiary/aromatic N) is 1. The molecule has 1 N–H and O–H groups in total. The fourth-order valence-corrected chi connectivity index (χ4v) is 2.76. The molecule has 16 heavy (non-hydrogen) atoms. The standard InChI is InChI=1S/C13H26N2S/c1-5-8-16-9-7-15-11-13(4,6-2)14-10-12(15)3/h5,12,14H,1,6-11H2,2-4H3. The minimum absolute atomic E-state index is 0.315. The average molecular weight is 242 g/mol. The third-order valence-electron chi connectivity index (χ3n) is 3.54. The molecule has 0 spiro atoms. The number of thioether (sulfide) groups is 1. The van der Waals surface area contributed by atoms with Crippen LogP contribution >= 0.6 is 11.8 Å². The van der Waals surface area contributed by atoms with Gasteiger partial charge in [-0.2, -0.15) is 11.8 Å². The molecule has 94 valence electrons. The van der Waals surface area contributed by atoms with Crippen LogP contribution in [0, 0.1) is 0 Å². The fraction of sp³-hybridized carbons (Fsp3) is 0.846. The van der Waals surface area contributed by atoms with Crippen molar-refractivity contribution < 1.29 is 0 Å². The van der Waals surface area contributed by atoms with E-state index >= 15 is 0 Å². The largest absolute Gasteiger partial charge is 0.309 e. The van der Waals surface area contributed by atoms with E-state index in [0.717, 1.165) is 12.3 Å². The van der Waals surface area contributed by atoms with Gasteiger partial charge in [-0.15, -0.1) is 6.58 Å². The lowest BCUT2D eigenvalue weighted by molar-refractivity contribution is 0.0997. The van der Waals surface area contributed by atoms with Gasteiger partial charge in [0.1, 0.15) is 0 Å². The first-order valence-corrected chi connectivity index (χ1v) is 7.44. The van der Waals surface area contributed by atoms with Gasteiger partial charge in [0, 0.05) is 42.7 Å². The molecule has 1 saturated heterocycles. The molecule has 0 aromatic carbocycles. The maximum absolute atomic E-state index is 3.75. The Morgan fingerprint density at radius 2 is 2.38 bits per heavy atom. The van der Waals surface area contributed by atoms with Crippen molar-refractivity contribution in [3.05, 3.63) is 12.7 Å². The summed E-state index contributed by atoms with van der Waals surface area (Å²) in [7, 11) is 0. The van der Waals surface area contributed by atoms with Crippen molar-refractivity contribution in [2.75, 3.05) is 31.1 Å². The molecule has 0 radical (unpaired) electrons. The van der Waals surface area contributed by atoms with Gasteiger partial charge in [-0.3, -0.25) is 4.90 Å². The zero-order chi connectivity index (χ0) is 12.0. The summed E-state index contributed by atoms with van der Waals surface area (Å²) in [5.74, 6) is 2.29. The van der Waals surface area contributed by atoms with E-state index in [1.807, 2.05) is 17.8 Å². The lowest BCUT2D eigenvalue weighted by atomic mass is 9.94. The summed E-state index contributed by atoms with van der Waals surface area (Å²) in [4.78, 5) is 2.62. The van der Waals surface area contributed by atoms with Crippen LogP contribution in [-0.2, 0) is 0 Å². The highest BCUT2D eigenvalue weighted by Gasteiger charge is 2.31. The second kappa shape index (κ2) is 6.67. The van der Waals surface area contributed by atoms with E-state index in [-0.39, 0.29) is 0 Å². The van der Waals surface area contributed by atoms with Gasteiger partial charge in [0.2, 0.25) is 0 Å². The van der Waals surface area contributed by atoms with Crippen molar-refractivity contribution in [1.82, 2.24) is 10.2 Å². The molecule has 1 aliphatic rings. The van der Waals surface area contributed by atoms with E-state index in [1.54, 1.807) is 0 Å². The number of hydrogen-bond acceptors (Lipinski definition) is 3. The Labute approximate surface area is 105 Å². The summed E-state index contributed by atoms with van der Waals surface area (Å²) in [6.07, 6.45) is 3.19. The van der Waals surface area contributed by atoms with E-state index in [2.05, 4.69) is 37.6 Å². The van der Waals surface area contributed by atoms with Crippen molar-refractivity contribution in [3.63, 3.8) is 0 Å². The molecule has 1 rings (SSSR count). The summed E-state index contributed by atoms with van der Waals surface area (Å²) in [5.41, 5.74) is 0.315. The van der Waals surface area contributed by atoms with Gasteiger partial charge in [-0.25, -0.2) is 0 Å². The Hall–Kier alpha value is 0.01000. The van der Waals surface area contributed by atoms with Gasteiger partial charge in [0.25, 0.3) is 0 Å². The van der Waals surface area contributed by atoms with Gasteiger partial charge < -0.3 is 5.32 Å². The van der Waals surface area contributed by atoms with Crippen molar-refractivity contribution in [1.29, 1.82) is 0 Å². The Morgan fingerprint density at radius 3 is 3.00 bits per heavy atom. The quantitative estimate of drug-likeness (QED) is 0.569. The second-order valence-electron chi connectivity index (χ2n) is 4.98. The van der Waals surface area contributed by atoms with Crippen LogP contribution in [0.5, 0.6) is 0 Å². The monoisotopic (exact) mass is 242 g/mol. The normalized spacial score (nSPS) is 31.6. The molecule has 1 heterocycles. The van der Waals surface area contributed by atoms with Crippen LogP contribution in [0.3, 0.4) is 0 Å². The van der Waals surface area contributed by atoms with Gasteiger partial charge >= 0.3 is 0 Å². The van der Waals surface area contributed by atoms with Gasteiger partial charge in [-0.05, 0) is 20.3 Å². The Bertz CT molecular complexity index is 220. The molecular formula is C13H26N2S. The maximum atomic E-state index is 3.75. The van der Waals surface area contributed by atoms with Crippen LogP contribution < -0.4 is 5.32 Å². The number of hydrogen-bond donors (Lipinski definition) is 1. The first-order chi connectivity index (χ1) is 7.61. The van der Waals surface area contributed by atoms with Gasteiger partial charge in [0.05, 0.1) is 0 Å². The van der Waals surface area contributed by atoms with Gasteiger partial charge in [-0.1, -0.05) is 13.0 Å². The fourth-order valence-electron chi connectivity index (χ4n) is 2.07. The highest BCUT2D eigenvalue weighted by atomic mass is 32.2. The third-order valence-corrected chi connectivity index (χ3v) is 4.48. The number of rotatable bonds is 6. The zero-order valence-electron chi connectivity index (χ0n) is 11.0. The highest BCUT2D eigenvalue weighted by molar-refractivity contribution is 7.99. The van der Waals surface area contributed by atoms with Crippen LogP contribution in [0.4, 0.5) is 0 Å². The summed E-state index contributed by atoms with van der Waals surface area (Å²) in [6.45, 7) is 14.2. The Morgan fingerprint density at radius 1 is 1.62 bits per heavy atom. The van der Waals surface area contributed by atoms with Crippen LogP contribution in [0.25, 0.3) is 0 Å². The average Bonchev–Trinajstić information content (AvgIpc) is 2.29. The van der Waals surface area contributed by atoms with Crippen molar-refractivity contribution >= 4 is 11.8 Å². The molecule has 2 atom stereocenters. The molecule has 1 aliphatic heterocycles. The third kappa shape index (κ3) is 4.11. The predicted molar refractivity (Wildman–Crippen MR) is 75.3 cm³/mol. The van der Waals surface area contributed by atoms with Crippen molar-refractivity contribution in [2.45, 2.75) is 38.8 Å². The topological polar surface area (TPSA) is 15.3 Å². The molecule has 0 amide bonds. The molecule has 1 fully saturated rings. The summed E-state index contributed by atoms with van der Waals surface area (Å²) >= 11 is 1.98. The molecule has 0 aliphatic carbocycles. The van der Waals surface area contributed by atoms with E-state index in [0.29, 0.717) is 11.6 Å².